The molecule has 0 aliphatic heterocycles. The van der Waals surface area contributed by atoms with Crippen molar-refractivity contribution >= 4 is 34.5 Å². The molecule has 0 spiro atoms. The van der Waals surface area contributed by atoms with Crippen molar-refractivity contribution in [2.75, 3.05) is 7.11 Å². The molecule has 0 aliphatic carbocycles. The molecule has 3 aromatic rings. The number of ether oxygens (including phenoxy) is 1. The number of allylic oxidation sites excluding steroid dienone is 1. The molecule has 0 fully saturated rings. The molecule has 3 rings (SSSR count). The summed E-state index contributed by atoms with van der Waals surface area (Å²) in [6.07, 6.45) is 3.52. The lowest BCUT2D eigenvalue weighted by Gasteiger charge is -2.11. The van der Waals surface area contributed by atoms with Gasteiger partial charge < -0.3 is 9.30 Å². The third-order valence-corrected chi connectivity index (χ3v) is 5.26. The van der Waals surface area contributed by atoms with Crippen molar-refractivity contribution in [2.24, 2.45) is 0 Å². The molecule has 1 aromatic heterocycles. The standard InChI is InChI=1S/C22H20INO2/c1-15-14-18(16(2)24(15)21-7-5-4-6-20(21)23)10-13-22(25)17-8-11-19(26-3)12-9-17/h4-14H,1-3H3/b13-10+. The van der Waals surface area contributed by atoms with Crippen LogP contribution in [0.2, 0.25) is 0 Å². The molecule has 0 bridgehead atoms. The van der Waals surface area contributed by atoms with Crippen molar-refractivity contribution in [3.63, 3.8) is 0 Å². The average Bonchev–Trinajstić information content (AvgIpc) is 2.94. The van der Waals surface area contributed by atoms with E-state index in [2.05, 4.69) is 59.2 Å². The first kappa shape index (κ1) is 18.5. The molecule has 0 atom stereocenters. The molecule has 2 aromatic carbocycles. The van der Waals surface area contributed by atoms with Gasteiger partial charge in [0.1, 0.15) is 5.75 Å². The zero-order chi connectivity index (χ0) is 18.7. The van der Waals surface area contributed by atoms with Crippen LogP contribution in [0.1, 0.15) is 27.3 Å². The summed E-state index contributed by atoms with van der Waals surface area (Å²) in [5.41, 5.74) is 5.11. The second kappa shape index (κ2) is 7.91. The first-order valence-electron chi connectivity index (χ1n) is 8.31. The number of para-hydroxylation sites is 1. The second-order valence-electron chi connectivity index (χ2n) is 6.04. The Bertz CT molecular complexity index is 968. The van der Waals surface area contributed by atoms with Crippen molar-refractivity contribution in [1.29, 1.82) is 0 Å². The molecular formula is C22H20INO2. The summed E-state index contributed by atoms with van der Waals surface area (Å²) in [7, 11) is 1.61. The van der Waals surface area contributed by atoms with Gasteiger partial charge in [-0.1, -0.05) is 12.1 Å². The predicted molar refractivity (Wildman–Crippen MR) is 114 cm³/mol. The van der Waals surface area contributed by atoms with Crippen molar-refractivity contribution in [3.05, 3.63) is 86.8 Å². The Hall–Kier alpha value is -2.34. The average molecular weight is 457 g/mol. The zero-order valence-electron chi connectivity index (χ0n) is 15.0. The minimum atomic E-state index is -0.0215. The van der Waals surface area contributed by atoms with Gasteiger partial charge in [-0.25, -0.2) is 0 Å². The van der Waals surface area contributed by atoms with E-state index in [1.807, 2.05) is 18.2 Å². The number of nitrogens with zero attached hydrogens (tertiary/aromatic N) is 1. The highest BCUT2D eigenvalue weighted by Gasteiger charge is 2.11. The third kappa shape index (κ3) is 3.75. The maximum Gasteiger partial charge on any atom is 0.185 e. The molecule has 0 radical (unpaired) electrons. The number of halogens is 1. The Balaban J connectivity index is 1.88. The van der Waals surface area contributed by atoms with Crippen LogP contribution in [0.3, 0.4) is 0 Å². The lowest BCUT2D eigenvalue weighted by atomic mass is 10.1. The van der Waals surface area contributed by atoms with Gasteiger partial charge >= 0.3 is 0 Å². The number of rotatable bonds is 5. The van der Waals surface area contributed by atoms with Gasteiger partial charge in [0, 0.05) is 20.5 Å². The fourth-order valence-electron chi connectivity index (χ4n) is 2.98. The minimum Gasteiger partial charge on any atom is -0.497 e. The van der Waals surface area contributed by atoms with Crippen LogP contribution in [-0.4, -0.2) is 17.5 Å². The topological polar surface area (TPSA) is 31.2 Å². The summed E-state index contributed by atoms with van der Waals surface area (Å²) in [5, 5.41) is 0. The molecular weight excluding hydrogens is 437 g/mol. The maximum absolute atomic E-state index is 12.4. The number of carbonyl (C=O) groups is 1. The molecule has 26 heavy (non-hydrogen) atoms. The predicted octanol–water partition coefficient (Wildman–Crippen LogP) is 5.60. The highest BCUT2D eigenvalue weighted by atomic mass is 127. The first-order valence-corrected chi connectivity index (χ1v) is 9.39. The van der Waals surface area contributed by atoms with Gasteiger partial charge in [-0.2, -0.15) is 0 Å². The van der Waals surface area contributed by atoms with Crippen LogP contribution in [0.4, 0.5) is 0 Å². The smallest absolute Gasteiger partial charge is 0.185 e. The van der Waals surface area contributed by atoms with Crippen molar-refractivity contribution in [1.82, 2.24) is 4.57 Å². The van der Waals surface area contributed by atoms with Crippen LogP contribution in [0, 0.1) is 17.4 Å². The Morgan fingerprint density at radius 3 is 2.42 bits per heavy atom. The fraction of sp³-hybridized carbons (Fsp3) is 0.136. The van der Waals surface area contributed by atoms with E-state index in [1.54, 1.807) is 37.5 Å². The van der Waals surface area contributed by atoms with Crippen molar-refractivity contribution < 1.29 is 9.53 Å². The molecule has 0 saturated carbocycles. The molecule has 0 unspecified atom stereocenters. The summed E-state index contributed by atoms with van der Waals surface area (Å²) in [6, 6.07) is 17.5. The van der Waals surface area contributed by atoms with Gasteiger partial charge in [0.15, 0.2) is 5.78 Å². The highest BCUT2D eigenvalue weighted by Crippen LogP contribution is 2.25. The van der Waals surface area contributed by atoms with E-state index in [0.29, 0.717) is 5.56 Å². The van der Waals surface area contributed by atoms with E-state index in [-0.39, 0.29) is 5.78 Å². The molecule has 132 valence electrons. The van der Waals surface area contributed by atoms with Gasteiger partial charge in [0.2, 0.25) is 0 Å². The van der Waals surface area contributed by atoms with Crippen LogP contribution in [0.5, 0.6) is 5.75 Å². The van der Waals surface area contributed by atoms with Crippen molar-refractivity contribution in [3.8, 4) is 11.4 Å². The number of aryl methyl sites for hydroxylation is 1. The van der Waals surface area contributed by atoms with Crippen LogP contribution < -0.4 is 4.74 Å². The Labute approximate surface area is 167 Å². The molecule has 0 saturated heterocycles. The van der Waals surface area contributed by atoms with E-state index in [0.717, 1.165) is 28.4 Å². The largest absolute Gasteiger partial charge is 0.497 e. The Morgan fingerprint density at radius 2 is 1.77 bits per heavy atom. The maximum atomic E-state index is 12.4. The summed E-state index contributed by atoms with van der Waals surface area (Å²) < 4.78 is 8.54. The van der Waals surface area contributed by atoms with Gasteiger partial charge in [-0.15, -0.1) is 0 Å². The lowest BCUT2D eigenvalue weighted by Crippen LogP contribution is -2.01. The fourth-order valence-corrected chi connectivity index (χ4v) is 3.61. The molecule has 0 amide bonds. The lowest BCUT2D eigenvalue weighted by molar-refractivity contribution is 0.104. The van der Waals surface area contributed by atoms with Crippen molar-refractivity contribution in [2.45, 2.75) is 13.8 Å². The number of ketones is 1. The number of hydrogen-bond acceptors (Lipinski definition) is 2. The van der Waals surface area contributed by atoms with Gasteiger partial charge in [0.05, 0.1) is 12.8 Å². The number of carbonyl (C=O) groups excluding carboxylic acids is 1. The number of hydrogen-bond donors (Lipinski definition) is 0. The summed E-state index contributed by atoms with van der Waals surface area (Å²) in [4.78, 5) is 12.4. The van der Waals surface area contributed by atoms with Gasteiger partial charge in [0.25, 0.3) is 0 Å². The zero-order valence-corrected chi connectivity index (χ0v) is 17.2. The Morgan fingerprint density at radius 1 is 1.08 bits per heavy atom. The van der Waals surface area contributed by atoms with Crippen LogP contribution in [-0.2, 0) is 0 Å². The van der Waals surface area contributed by atoms with E-state index in [1.165, 1.54) is 3.57 Å². The Kier molecular flexibility index (Phi) is 5.61. The molecule has 4 heteroatoms. The molecule has 3 nitrogen and oxygen atoms in total. The van der Waals surface area contributed by atoms with Gasteiger partial charge in [-0.3, -0.25) is 4.79 Å². The normalized spacial score (nSPS) is 11.1. The monoisotopic (exact) mass is 457 g/mol. The second-order valence-corrected chi connectivity index (χ2v) is 7.20. The quantitative estimate of drug-likeness (QED) is 0.284. The summed E-state index contributed by atoms with van der Waals surface area (Å²) in [6.45, 7) is 4.16. The first-order chi connectivity index (χ1) is 12.5. The van der Waals surface area contributed by atoms with E-state index < -0.39 is 0 Å². The minimum absolute atomic E-state index is 0.0215. The third-order valence-electron chi connectivity index (χ3n) is 4.35. The number of aromatic nitrogens is 1. The number of methoxy groups -OCH3 is 1. The molecule has 0 aliphatic rings. The summed E-state index contributed by atoms with van der Waals surface area (Å²) in [5.74, 6) is 0.721. The van der Waals surface area contributed by atoms with E-state index >= 15 is 0 Å². The van der Waals surface area contributed by atoms with E-state index in [9.17, 15) is 4.79 Å². The SMILES string of the molecule is COc1ccc(C(=O)/C=C/c2cc(C)n(-c3ccccc3I)c2C)cc1. The highest BCUT2D eigenvalue weighted by molar-refractivity contribution is 14.1. The van der Waals surface area contributed by atoms with Crippen LogP contribution in [0.15, 0.2) is 60.7 Å². The van der Waals surface area contributed by atoms with Gasteiger partial charge in [-0.05, 0) is 96.6 Å². The summed E-state index contributed by atoms with van der Waals surface area (Å²) >= 11 is 2.35. The van der Waals surface area contributed by atoms with E-state index in [4.69, 9.17) is 4.74 Å². The number of benzene rings is 2. The molecule has 0 N–H and O–H groups in total. The van der Waals surface area contributed by atoms with Crippen LogP contribution in [0.25, 0.3) is 11.8 Å². The molecule has 1 heterocycles. The van der Waals surface area contributed by atoms with Crippen LogP contribution >= 0.6 is 22.6 Å².